The van der Waals surface area contributed by atoms with Crippen LogP contribution in [-0.2, 0) is 4.79 Å². The third-order valence-electron chi connectivity index (χ3n) is 2.48. The number of unbranched alkanes of at least 4 members (excludes halogenated alkanes) is 2. The molecule has 3 atom stereocenters. The Kier molecular flexibility index (Phi) is 4.75. The van der Waals surface area contributed by atoms with E-state index in [0.717, 1.165) is 5.75 Å². The maximum atomic E-state index is 11.1. The molecule has 1 saturated heterocycles. The number of amides is 1. The van der Waals surface area contributed by atoms with Crippen molar-refractivity contribution in [1.82, 2.24) is 5.32 Å². The topological polar surface area (TPSA) is 49.3 Å². The Bertz CT molecular complexity index is 197. The standard InChI is InChI=1S/C10H19NO2S/c1-3-4-5-6-14-10-8(7(2)12)9(13)11-10/h7-8,10,12H,3-6H2,1-2H3,(H,11,13). The van der Waals surface area contributed by atoms with Gasteiger partial charge in [0.2, 0.25) is 5.91 Å². The smallest absolute Gasteiger partial charge is 0.229 e. The van der Waals surface area contributed by atoms with Gasteiger partial charge in [-0.15, -0.1) is 11.8 Å². The average Bonchev–Trinajstić information content (AvgIpc) is 2.08. The second-order valence-corrected chi connectivity index (χ2v) is 5.02. The van der Waals surface area contributed by atoms with Crippen LogP contribution in [0.3, 0.4) is 0 Å². The maximum absolute atomic E-state index is 11.1. The fraction of sp³-hybridized carbons (Fsp3) is 0.900. The zero-order chi connectivity index (χ0) is 10.6. The third kappa shape index (κ3) is 2.89. The van der Waals surface area contributed by atoms with E-state index in [9.17, 15) is 9.90 Å². The average molecular weight is 217 g/mol. The minimum atomic E-state index is -0.521. The molecule has 0 aromatic carbocycles. The van der Waals surface area contributed by atoms with Crippen LogP contribution in [0.5, 0.6) is 0 Å². The summed E-state index contributed by atoms with van der Waals surface area (Å²) in [6.07, 6.45) is 3.14. The van der Waals surface area contributed by atoms with Crippen molar-refractivity contribution in [2.45, 2.75) is 44.6 Å². The van der Waals surface area contributed by atoms with E-state index in [1.54, 1.807) is 18.7 Å². The van der Waals surface area contributed by atoms with Crippen LogP contribution in [0.15, 0.2) is 0 Å². The molecule has 1 heterocycles. The van der Waals surface area contributed by atoms with E-state index in [-0.39, 0.29) is 17.2 Å². The number of thioether (sulfide) groups is 1. The highest BCUT2D eigenvalue weighted by atomic mass is 32.2. The quantitative estimate of drug-likeness (QED) is 0.522. The van der Waals surface area contributed by atoms with Gasteiger partial charge in [-0.25, -0.2) is 0 Å². The zero-order valence-electron chi connectivity index (χ0n) is 8.82. The predicted octanol–water partition coefficient (Wildman–Crippen LogP) is 1.36. The summed E-state index contributed by atoms with van der Waals surface area (Å²) in [7, 11) is 0. The molecular formula is C10H19NO2S. The summed E-state index contributed by atoms with van der Waals surface area (Å²) in [6, 6.07) is 0. The number of carbonyl (C=O) groups is 1. The van der Waals surface area contributed by atoms with Crippen molar-refractivity contribution in [2.75, 3.05) is 5.75 Å². The van der Waals surface area contributed by atoms with Crippen molar-refractivity contribution in [2.24, 2.45) is 5.92 Å². The molecule has 1 rings (SSSR count). The molecule has 1 aliphatic heterocycles. The number of β-lactam (4-membered cyclic amide) rings is 1. The van der Waals surface area contributed by atoms with Gasteiger partial charge in [0.15, 0.2) is 0 Å². The van der Waals surface area contributed by atoms with Gasteiger partial charge in [-0.05, 0) is 19.1 Å². The van der Waals surface area contributed by atoms with Crippen LogP contribution in [0.2, 0.25) is 0 Å². The summed E-state index contributed by atoms with van der Waals surface area (Å²) in [5.74, 6) is 0.872. The Morgan fingerprint density at radius 2 is 2.29 bits per heavy atom. The molecule has 2 N–H and O–H groups in total. The van der Waals surface area contributed by atoms with Gasteiger partial charge in [-0.3, -0.25) is 4.79 Å². The number of carbonyl (C=O) groups excluding carboxylic acids is 1. The Balaban J connectivity index is 2.16. The molecule has 3 nitrogen and oxygen atoms in total. The van der Waals surface area contributed by atoms with Crippen LogP contribution in [-0.4, -0.2) is 28.2 Å². The molecule has 0 radical (unpaired) electrons. The summed E-state index contributed by atoms with van der Waals surface area (Å²) >= 11 is 1.75. The number of aliphatic hydroxyl groups is 1. The van der Waals surface area contributed by atoms with Gasteiger partial charge < -0.3 is 10.4 Å². The Morgan fingerprint density at radius 1 is 1.57 bits per heavy atom. The van der Waals surface area contributed by atoms with Crippen molar-refractivity contribution >= 4 is 17.7 Å². The molecule has 4 heteroatoms. The highest BCUT2D eigenvalue weighted by Gasteiger charge is 2.42. The van der Waals surface area contributed by atoms with Crippen LogP contribution in [0.1, 0.15) is 33.1 Å². The number of aliphatic hydroxyl groups excluding tert-OH is 1. The predicted molar refractivity (Wildman–Crippen MR) is 59.1 cm³/mol. The summed E-state index contributed by atoms with van der Waals surface area (Å²) in [6.45, 7) is 3.86. The van der Waals surface area contributed by atoms with Gasteiger partial charge in [0.25, 0.3) is 0 Å². The molecule has 1 aliphatic rings. The lowest BCUT2D eigenvalue weighted by atomic mass is 9.96. The fourth-order valence-corrected chi connectivity index (χ4v) is 2.93. The Labute approximate surface area is 89.6 Å². The first kappa shape index (κ1) is 11.9. The number of hydrogen-bond acceptors (Lipinski definition) is 3. The summed E-state index contributed by atoms with van der Waals surface area (Å²) in [5.41, 5.74) is 0. The van der Waals surface area contributed by atoms with E-state index in [4.69, 9.17) is 0 Å². The second-order valence-electron chi connectivity index (χ2n) is 3.77. The molecule has 14 heavy (non-hydrogen) atoms. The largest absolute Gasteiger partial charge is 0.392 e. The second kappa shape index (κ2) is 5.61. The first-order chi connectivity index (χ1) is 6.66. The van der Waals surface area contributed by atoms with Crippen LogP contribution in [0, 0.1) is 5.92 Å². The number of hydrogen-bond donors (Lipinski definition) is 2. The van der Waals surface area contributed by atoms with Gasteiger partial charge in [0.1, 0.15) is 0 Å². The lowest BCUT2D eigenvalue weighted by Crippen LogP contribution is -2.60. The molecule has 1 amide bonds. The van der Waals surface area contributed by atoms with Crippen molar-refractivity contribution < 1.29 is 9.90 Å². The lowest BCUT2D eigenvalue weighted by Gasteiger charge is -2.37. The van der Waals surface area contributed by atoms with Gasteiger partial charge in [-0.2, -0.15) is 0 Å². The van der Waals surface area contributed by atoms with Crippen molar-refractivity contribution in [3.63, 3.8) is 0 Å². The van der Waals surface area contributed by atoms with Crippen LogP contribution in [0.25, 0.3) is 0 Å². The van der Waals surface area contributed by atoms with Crippen LogP contribution in [0.4, 0.5) is 0 Å². The molecule has 0 aromatic rings. The molecule has 0 saturated carbocycles. The minimum absolute atomic E-state index is 0.00649. The van der Waals surface area contributed by atoms with E-state index in [1.807, 2.05) is 0 Å². The van der Waals surface area contributed by atoms with Crippen LogP contribution >= 0.6 is 11.8 Å². The van der Waals surface area contributed by atoms with E-state index in [0.29, 0.717) is 0 Å². The normalized spacial score (nSPS) is 28.1. The molecule has 0 aromatic heterocycles. The van der Waals surface area contributed by atoms with Gasteiger partial charge in [-0.1, -0.05) is 19.8 Å². The summed E-state index contributed by atoms with van der Waals surface area (Å²) in [5, 5.41) is 12.3. The molecule has 0 bridgehead atoms. The fourth-order valence-electron chi connectivity index (χ4n) is 1.55. The molecule has 0 aliphatic carbocycles. The first-order valence-corrected chi connectivity index (χ1v) is 6.31. The van der Waals surface area contributed by atoms with Crippen molar-refractivity contribution in [1.29, 1.82) is 0 Å². The van der Waals surface area contributed by atoms with Gasteiger partial charge in [0.05, 0.1) is 17.4 Å². The molecule has 3 unspecified atom stereocenters. The zero-order valence-corrected chi connectivity index (χ0v) is 9.64. The monoisotopic (exact) mass is 217 g/mol. The highest BCUT2D eigenvalue weighted by molar-refractivity contribution is 8.00. The molecule has 1 fully saturated rings. The van der Waals surface area contributed by atoms with Gasteiger partial charge in [0, 0.05) is 0 Å². The third-order valence-corrected chi connectivity index (χ3v) is 3.77. The number of rotatable bonds is 6. The number of nitrogens with one attached hydrogen (secondary N) is 1. The molecular weight excluding hydrogens is 198 g/mol. The SMILES string of the molecule is CCCCCSC1NC(=O)C1C(C)O. The minimum Gasteiger partial charge on any atom is -0.392 e. The Morgan fingerprint density at radius 3 is 2.79 bits per heavy atom. The van der Waals surface area contributed by atoms with Crippen LogP contribution < -0.4 is 5.32 Å². The lowest BCUT2D eigenvalue weighted by molar-refractivity contribution is -0.136. The maximum Gasteiger partial charge on any atom is 0.229 e. The van der Waals surface area contributed by atoms with E-state index in [2.05, 4.69) is 12.2 Å². The van der Waals surface area contributed by atoms with E-state index in [1.165, 1.54) is 19.3 Å². The summed E-state index contributed by atoms with van der Waals surface area (Å²) < 4.78 is 0. The molecule has 82 valence electrons. The van der Waals surface area contributed by atoms with E-state index < -0.39 is 6.10 Å². The van der Waals surface area contributed by atoms with Crippen molar-refractivity contribution in [3.05, 3.63) is 0 Å². The summed E-state index contributed by atoms with van der Waals surface area (Å²) in [4.78, 5) is 11.1. The van der Waals surface area contributed by atoms with Crippen molar-refractivity contribution in [3.8, 4) is 0 Å². The van der Waals surface area contributed by atoms with E-state index >= 15 is 0 Å². The van der Waals surface area contributed by atoms with Gasteiger partial charge >= 0.3 is 0 Å². The molecule has 0 spiro atoms. The first-order valence-electron chi connectivity index (χ1n) is 5.27. The highest BCUT2D eigenvalue weighted by Crippen LogP contribution is 2.29. The Hall–Kier alpha value is -0.220.